The van der Waals surface area contributed by atoms with Crippen molar-refractivity contribution in [2.45, 2.75) is 9.92 Å². The summed E-state index contributed by atoms with van der Waals surface area (Å²) < 4.78 is 0.442. The highest BCUT2D eigenvalue weighted by Crippen LogP contribution is 2.35. The van der Waals surface area contributed by atoms with Crippen LogP contribution in [0, 0.1) is 10.1 Å². The molecule has 20 heavy (non-hydrogen) atoms. The van der Waals surface area contributed by atoms with Crippen molar-refractivity contribution in [2.75, 3.05) is 0 Å². The van der Waals surface area contributed by atoms with Gasteiger partial charge in [0, 0.05) is 11.0 Å². The fourth-order valence-corrected chi connectivity index (χ4v) is 2.89. The summed E-state index contributed by atoms with van der Waals surface area (Å²) in [5.74, 6) is -1.04. The number of carbonyl (C=O) groups is 1. The van der Waals surface area contributed by atoms with Gasteiger partial charge >= 0.3 is 5.97 Å². The van der Waals surface area contributed by atoms with E-state index in [1.165, 1.54) is 12.1 Å². The molecule has 0 amide bonds. The molecule has 0 aliphatic heterocycles. The van der Waals surface area contributed by atoms with Gasteiger partial charge in [-0.1, -0.05) is 23.9 Å². The van der Waals surface area contributed by atoms with Crippen LogP contribution in [-0.4, -0.2) is 21.0 Å². The lowest BCUT2D eigenvalue weighted by atomic mass is 10.2. The SMILES string of the molecule is O=C(O)c1ccccc1Sc1ncc([N+](=O)[O-])cc1Br. The van der Waals surface area contributed by atoms with Gasteiger partial charge in [0.05, 0.1) is 15.0 Å². The lowest BCUT2D eigenvalue weighted by Gasteiger charge is -2.06. The molecule has 2 aromatic rings. The molecule has 8 heteroatoms. The maximum atomic E-state index is 11.1. The highest BCUT2D eigenvalue weighted by molar-refractivity contribution is 9.10. The van der Waals surface area contributed by atoms with Crippen LogP contribution in [-0.2, 0) is 0 Å². The third-order valence-corrected chi connectivity index (χ3v) is 4.29. The smallest absolute Gasteiger partial charge is 0.336 e. The Kier molecular flexibility index (Phi) is 4.35. The Morgan fingerprint density at radius 3 is 2.70 bits per heavy atom. The Bertz CT molecular complexity index is 693. The van der Waals surface area contributed by atoms with Crippen molar-refractivity contribution < 1.29 is 14.8 Å². The number of hydrogen-bond donors (Lipinski definition) is 1. The molecule has 1 heterocycles. The standard InChI is InChI=1S/C12H7BrN2O4S/c13-9-5-7(15(18)19)6-14-11(9)20-10-4-2-1-3-8(10)12(16)17/h1-6H,(H,16,17). The average molecular weight is 355 g/mol. The summed E-state index contributed by atoms with van der Waals surface area (Å²) in [4.78, 5) is 25.7. The van der Waals surface area contributed by atoms with E-state index in [4.69, 9.17) is 5.11 Å². The largest absolute Gasteiger partial charge is 0.478 e. The monoisotopic (exact) mass is 354 g/mol. The molecule has 0 saturated heterocycles. The highest BCUT2D eigenvalue weighted by Gasteiger charge is 2.15. The summed E-state index contributed by atoms with van der Waals surface area (Å²) in [5.41, 5.74) is 0.0253. The Morgan fingerprint density at radius 1 is 1.40 bits per heavy atom. The van der Waals surface area contributed by atoms with Gasteiger partial charge in [-0.05, 0) is 28.1 Å². The first-order valence-electron chi connectivity index (χ1n) is 5.29. The number of pyridine rings is 1. The minimum Gasteiger partial charge on any atom is -0.478 e. The summed E-state index contributed by atoms with van der Waals surface area (Å²) >= 11 is 4.33. The zero-order valence-electron chi connectivity index (χ0n) is 9.82. The second-order valence-electron chi connectivity index (χ2n) is 3.64. The van der Waals surface area contributed by atoms with E-state index in [-0.39, 0.29) is 11.3 Å². The number of halogens is 1. The maximum Gasteiger partial charge on any atom is 0.336 e. The Labute approximate surface area is 126 Å². The van der Waals surface area contributed by atoms with E-state index in [1.807, 2.05) is 0 Å². The van der Waals surface area contributed by atoms with Crippen LogP contribution in [0.5, 0.6) is 0 Å². The number of nitro groups is 1. The van der Waals surface area contributed by atoms with E-state index in [0.717, 1.165) is 18.0 Å². The molecule has 2 rings (SSSR count). The third-order valence-electron chi connectivity index (χ3n) is 2.33. The fourth-order valence-electron chi connectivity index (χ4n) is 1.43. The van der Waals surface area contributed by atoms with E-state index in [2.05, 4.69) is 20.9 Å². The molecule has 0 saturated carbocycles. The van der Waals surface area contributed by atoms with Crippen LogP contribution in [0.4, 0.5) is 5.69 Å². The Morgan fingerprint density at radius 2 is 2.10 bits per heavy atom. The molecule has 0 aliphatic carbocycles. The van der Waals surface area contributed by atoms with E-state index < -0.39 is 10.9 Å². The van der Waals surface area contributed by atoms with E-state index in [1.54, 1.807) is 18.2 Å². The molecule has 1 aromatic heterocycles. The van der Waals surface area contributed by atoms with E-state index in [9.17, 15) is 14.9 Å². The lowest BCUT2D eigenvalue weighted by molar-refractivity contribution is -0.385. The third kappa shape index (κ3) is 3.14. The molecule has 6 nitrogen and oxygen atoms in total. The normalized spacial score (nSPS) is 10.2. The van der Waals surface area contributed by atoms with Gasteiger partial charge in [0.2, 0.25) is 0 Å². The number of rotatable bonds is 4. The van der Waals surface area contributed by atoms with Crippen molar-refractivity contribution in [1.29, 1.82) is 0 Å². The molecule has 1 aromatic carbocycles. The minimum atomic E-state index is -1.04. The van der Waals surface area contributed by atoms with Crippen molar-refractivity contribution in [3.63, 3.8) is 0 Å². The molecule has 0 bridgehead atoms. The minimum absolute atomic E-state index is 0.132. The summed E-state index contributed by atoms with van der Waals surface area (Å²) in [7, 11) is 0. The van der Waals surface area contributed by atoms with Gasteiger partial charge in [-0.2, -0.15) is 0 Å². The lowest BCUT2D eigenvalue weighted by Crippen LogP contribution is -1.98. The van der Waals surface area contributed by atoms with Gasteiger partial charge < -0.3 is 5.11 Å². The van der Waals surface area contributed by atoms with Crippen molar-refractivity contribution in [2.24, 2.45) is 0 Å². The second-order valence-corrected chi connectivity index (χ2v) is 5.53. The summed E-state index contributed by atoms with van der Waals surface area (Å²) in [6.07, 6.45) is 1.14. The van der Waals surface area contributed by atoms with Crippen LogP contribution in [0.1, 0.15) is 10.4 Å². The molecule has 0 unspecified atom stereocenters. The topological polar surface area (TPSA) is 93.3 Å². The molecule has 0 fully saturated rings. The second kappa shape index (κ2) is 6.02. The molecular weight excluding hydrogens is 348 g/mol. The van der Waals surface area contributed by atoms with Crippen LogP contribution >= 0.6 is 27.7 Å². The molecule has 1 N–H and O–H groups in total. The first kappa shape index (κ1) is 14.5. The van der Waals surface area contributed by atoms with Crippen molar-refractivity contribution in [1.82, 2.24) is 4.98 Å². The number of carboxylic acid groups (broad SMARTS) is 1. The van der Waals surface area contributed by atoms with Crippen molar-refractivity contribution in [3.8, 4) is 0 Å². The van der Waals surface area contributed by atoms with Gasteiger partial charge in [0.15, 0.2) is 0 Å². The predicted octanol–water partition coefficient (Wildman–Crippen LogP) is 3.60. The van der Waals surface area contributed by atoms with Crippen LogP contribution < -0.4 is 0 Å². The maximum absolute atomic E-state index is 11.1. The van der Waals surface area contributed by atoms with Crippen LogP contribution in [0.25, 0.3) is 0 Å². The number of hydrogen-bond acceptors (Lipinski definition) is 5. The van der Waals surface area contributed by atoms with Crippen molar-refractivity contribution in [3.05, 3.63) is 56.7 Å². The fraction of sp³-hybridized carbons (Fsp3) is 0. The van der Waals surface area contributed by atoms with Crippen LogP contribution in [0.2, 0.25) is 0 Å². The predicted molar refractivity (Wildman–Crippen MR) is 76.1 cm³/mol. The quantitative estimate of drug-likeness (QED) is 0.665. The van der Waals surface area contributed by atoms with Crippen LogP contribution in [0.15, 0.2) is 50.9 Å². The number of aromatic carboxylic acids is 1. The number of carboxylic acids is 1. The molecule has 0 spiro atoms. The first-order valence-corrected chi connectivity index (χ1v) is 6.90. The van der Waals surface area contributed by atoms with Gasteiger partial charge in [0.1, 0.15) is 11.2 Å². The number of benzene rings is 1. The van der Waals surface area contributed by atoms with E-state index >= 15 is 0 Å². The first-order chi connectivity index (χ1) is 9.49. The molecule has 0 radical (unpaired) electrons. The highest BCUT2D eigenvalue weighted by atomic mass is 79.9. The van der Waals surface area contributed by atoms with E-state index in [0.29, 0.717) is 14.4 Å². The molecule has 102 valence electrons. The molecular formula is C12H7BrN2O4S. The number of aromatic nitrogens is 1. The Hall–Kier alpha value is -1.93. The molecule has 0 atom stereocenters. The summed E-state index contributed by atoms with van der Waals surface area (Å²) in [6, 6.07) is 7.83. The number of nitrogens with zero attached hydrogens (tertiary/aromatic N) is 2. The van der Waals surface area contributed by atoms with Gasteiger partial charge in [-0.3, -0.25) is 10.1 Å². The van der Waals surface area contributed by atoms with Crippen molar-refractivity contribution >= 4 is 39.3 Å². The van der Waals surface area contributed by atoms with Gasteiger partial charge in [0.25, 0.3) is 5.69 Å². The van der Waals surface area contributed by atoms with Crippen LogP contribution in [0.3, 0.4) is 0 Å². The summed E-state index contributed by atoms with van der Waals surface area (Å²) in [5, 5.41) is 20.2. The molecule has 0 aliphatic rings. The van der Waals surface area contributed by atoms with Gasteiger partial charge in [-0.15, -0.1) is 0 Å². The average Bonchev–Trinajstić information content (AvgIpc) is 2.41. The summed E-state index contributed by atoms with van der Waals surface area (Å²) in [6.45, 7) is 0. The zero-order chi connectivity index (χ0) is 14.7. The van der Waals surface area contributed by atoms with Gasteiger partial charge in [-0.25, -0.2) is 9.78 Å². The zero-order valence-corrected chi connectivity index (χ0v) is 12.2. The Balaban J connectivity index is 2.36.